The highest BCUT2D eigenvalue weighted by Gasteiger charge is 2.18. The van der Waals surface area contributed by atoms with E-state index in [4.69, 9.17) is 22.1 Å². The largest absolute Gasteiger partial charge is 0.496 e. The molecular weight excluding hydrogens is 302 g/mol. The Balaban J connectivity index is 2.39. The number of nitrogen functional groups attached to an aromatic ring is 1. The first-order chi connectivity index (χ1) is 9.93. The fourth-order valence-corrected chi connectivity index (χ4v) is 1.90. The van der Waals surface area contributed by atoms with Gasteiger partial charge in [-0.15, -0.1) is 0 Å². The fraction of sp³-hybridized carbons (Fsp3) is 0.0714. The van der Waals surface area contributed by atoms with Crippen LogP contribution in [0.3, 0.4) is 0 Å². The zero-order valence-corrected chi connectivity index (χ0v) is 11.7. The summed E-state index contributed by atoms with van der Waals surface area (Å²) in [5.74, 6) is -2.82. The second-order valence-corrected chi connectivity index (χ2v) is 4.56. The second kappa shape index (κ2) is 5.97. The highest BCUT2D eigenvalue weighted by molar-refractivity contribution is 6.31. The van der Waals surface area contributed by atoms with Gasteiger partial charge in [-0.05, 0) is 30.3 Å². The van der Waals surface area contributed by atoms with Crippen LogP contribution in [-0.4, -0.2) is 13.0 Å². The Hall–Kier alpha value is -2.34. The maximum absolute atomic E-state index is 13.7. The molecule has 110 valence electrons. The molecule has 0 saturated carbocycles. The van der Waals surface area contributed by atoms with Gasteiger partial charge in [-0.1, -0.05) is 11.6 Å². The van der Waals surface area contributed by atoms with E-state index in [0.717, 1.165) is 12.1 Å². The van der Waals surface area contributed by atoms with Gasteiger partial charge < -0.3 is 15.8 Å². The summed E-state index contributed by atoms with van der Waals surface area (Å²) in [5, 5.41) is 2.52. The van der Waals surface area contributed by atoms with Gasteiger partial charge in [0.05, 0.1) is 18.4 Å². The smallest absolute Gasteiger partial charge is 0.259 e. The van der Waals surface area contributed by atoms with Gasteiger partial charge in [-0.2, -0.15) is 0 Å². The molecule has 0 heterocycles. The van der Waals surface area contributed by atoms with Crippen molar-refractivity contribution in [3.05, 3.63) is 52.6 Å². The third-order valence-electron chi connectivity index (χ3n) is 2.77. The van der Waals surface area contributed by atoms with Crippen LogP contribution in [-0.2, 0) is 0 Å². The van der Waals surface area contributed by atoms with E-state index >= 15 is 0 Å². The molecule has 0 atom stereocenters. The van der Waals surface area contributed by atoms with E-state index in [1.54, 1.807) is 0 Å². The second-order valence-electron chi connectivity index (χ2n) is 4.12. The highest BCUT2D eigenvalue weighted by atomic mass is 35.5. The minimum Gasteiger partial charge on any atom is -0.496 e. The fourth-order valence-electron chi connectivity index (χ4n) is 1.73. The SMILES string of the molecule is COc1ccc(Cl)cc1C(=O)Nc1c(N)ccc(F)c1F. The third kappa shape index (κ3) is 3.05. The number of anilines is 2. The lowest BCUT2D eigenvalue weighted by Crippen LogP contribution is -2.16. The van der Waals surface area contributed by atoms with Crippen LogP contribution in [0, 0.1) is 11.6 Å². The van der Waals surface area contributed by atoms with Crippen molar-refractivity contribution in [2.75, 3.05) is 18.2 Å². The molecule has 0 unspecified atom stereocenters. The van der Waals surface area contributed by atoms with Crippen LogP contribution in [0.5, 0.6) is 5.75 Å². The number of nitrogens with two attached hydrogens (primary N) is 1. The van der Waals surface area contributed by atoms with Crippen molar-refractivity contribution in [1.82, 2.24) is 0 Å². The minimum absolute atomic E-state index is 0.0769. The van der Waals surface area contributed by atoms with E-state index in [1.165, 1.54) is 25.3 Å². The molecule has 0 aromatic heterocycles. The molecule has 0 spiro atoms. The number of hydrogen-bond acceptors (Lipinski definition) is 3. The summed E-state index contributed by atoms with van der Waals surface area (Å²) in [4.78, 5) is 12.2. The van der Waals surface area contributed by atoms with Crippen LogP contribution in [0.25, 0.3) is 0 Å². The van der Waals surface area contributed by atoms with Crippen molar-refractivity contribution in [3.8, 4) is 5.75 Å². The average Bonchev–Trinajstić information content (AvgIpc) is 2.47. The van der Waals surface area contributed by atoms with Gasteiger partial charge >= 0.3 is 0 Å². The predicted molar refractivity (Wildman–Crippen MR) is 76.7 cm³/mol. The summed E-state index contributed by atoms with van der Waals surface area (Å²) in [7, 11) is 1.37. The molecule has 0 aliphatic carbocycles. The third-order valence-corrected chi connectivity index (χ3v) is 3.01. The van der Waals surface area contributed by atoms with E-state index in [2.05, 4.69) is 5.32 Å². The Bertz CT molecular complexity index is 708. The molecule has 4 nitrogen and oxygen atoms in total. The van der Waals surface area contributed by atoms with E-state index < -0.39 is 23.2 Å². The van der Waals surface area contributed by atoms with E-state index in [1.807, 2.05) is 0 Å². The Morgan fingerprint density at radius 1 is 1.29 bits per heavy atom. The normalized spacial score (nSPS) is 10.3. The van der Waals surface area contributed by atoms with Gasteiger partial charge in [0.15, 0.2) is 11.6 Å². The Kier molecular flexibility index (Phi) is 4.28. The topological polar surface area (TPSA) is 64.3 Å². The van der Waals surface area contributed by atoms with Gasteiger partial charge in [0, 0.05) is 5.02 Å². The number of ether oxygens (including phenoxy) is 1. The number of nitrogens with one attached hydrogen (secondary N) is 1. The van der Waals surface area contributed by atoms with Crippen LogP contribution in [0.4, 0.5) is 20.2 Å². The van der Waals surface area contributed by atoms with Crippen LogP contribution in [0.2, 0.25) is 5.02 Å². The maximum Gasteiger partial charge on any atom is 0.259 e. The maximum atomic E-state index is 13.7. The van der Waals surface area contributed by atoms with Gasteiger partial charge in [-0.25, -0.2) is 8.78 Å². The molecule has 0 bridgehead atoms. The summed E-state index contributed by atoms with van der Waals surface area (Å²) >= 11 is 5.81. The Morgan fingerprint density at radius 3 is 2.67 bits per heavy atom. The van der Waals surface area contributed by atoms with Crippen molar-refractivity contribution < 1.29 is 18.3 Å². The van der Waals surface area contributed by atoms with Crippen LogP contribution >= 0.6 is 11.6 Å². The average molecular weight is 313 g/mol. The molecule has 0 radical (unpaired) electrons. The Morgan fingerprint density at radius 2 is 2.00 bits per heavy atom. The number of benzene rings is 2. The molecular formula is C14H11ClF2N2O2. The first-order valence-corrected chi connectivity index (χ1v) is 6.20. The van der Waals surface area contributed by atoms with Crippen molar-refractivity contribution in [1.29, 1.82) is 0 Å². The summed E-state index contributed by atoms with van der Waals surface area (Å²) in [5.41, 5.74) is 5.09. The molecule has 2 rings (SSSR count). The zero-order chi connectivity index (χ0) is 15.6. The number of rotatable bonds is 3. The predicted octanol–water partition coefficient (Wildman–Crippen LogP) is 3.46. The number of carbonyl (C=O) groups is 1. The van der Waals surface area contributed by atoms with E-state index in [-0.39, 0.29) is 17.0 Å². The van der Waals surface area contributed by atoms with E-state index in [9.17, 15) is 13.6 Å². The molecule has 2 aromatic rings. The number of hydrogen-bond donors (Lipinski definition) is 2. The lowest BCUT2D eigenvalue weighted by molar-refractivity contribution is 0.102. The zero-order valence-electron chi connectivity index (χ0n) is 10.9. The molecule has 0 fully saturated rings. The van der Waals surface area contributed by atoms with Crippen molar-refractivity contribution in [3.63, 3.8) is 0 Å². The first kappa shape index (κ1) is 15.1. The minimum atomic E-state index is -1.23. The lowest BCUT2D eigenvalue weighted by atomic mass is 10.1. The van der Waals surface area contributed by atoms with Crippen LogP contribution < -0.4 is 15.8 Å². The van der Waals surface area contributed by atoms with Gasteiger partial charge in [-0.3, -0.25) is 4.79 Å². The summed E-state index contributed by atoms with van der Waals surface area (Å²) in [6, 6.07) is 6.41. The monoisotopic (exact) mass is 312 g/mol. The summed E-state index contributed by atoms with van der Waals surface area (Å²) in [6.45, 7) is 0. The van der Waals surface area contributed by atoms with Crippen molar-refractivity contribution in [2.24, 2.45) is 0 Å². The number of halogens is 3. The lowest BCUT2D eigenvalue weighted by Gasteiger charge is -2.12. The number of carbonyl (C=O) groups excluding carboxylic acids is 1. The van der Waals surface area contributed by atoms with E-state index in [0.29, 0.717) is 5.02 Å². The summed E-state index contributed by atoms with van der Waals surface area (Å²) < 4.78 is 31.9. The Labute approximate surface area is 124 Å². The molecule has 1 amide bonds. The molecule has 3 N–H and O–H groups in total. The highest BCUT2D eigenvalue weighted by Crippen LogP contribution is 2.28. The quantitative estimate of drug-likeness (QED) is 0.853. The van der Waals surface area contributed by atoms with Gasteiger partial charge in [0.25, 0.3) is 5.91 Å². The summed E-state index contributed by atoms with van der Waals surface area (Å²) in [6.07, 6.45) is 0. The molecule has 21 heavy (non-hydrogen) atoms. The number of amides is 1. The van der Waals surface area contributed by atoms with Gasteiger partial charge in [0.1, 0.15) is 11.4 Å². The molecule has 0 aliphatic rings. The van der Waals surface area contributed by atoms with Crippen molar-refractivity contribution >= 4 is 28.9 Å². The van der Waals surface area contributed by atoms with Crippen LogP contribution in [0.15, 0.2) is 30.3 Å². The molecule has 0 aliphatic heterocycles. The van der Waals surface area contributed by atoms with Gasteiger partial charge in [0.2, 0.25) is 0 Å². The molecule has 2 aromatic carbocycles. The molecule has 0 saturated heterocycles. The van der Waals surface area contributed by atoms with Crippen LogP contribution in [0.1, 0.15) is 10.4 Å². The number of methoxy groups -OCH3 is 1. The standard InChI is InChI=1S/C14H11ClF2N2O2/c1-21-11-5-2-7(15)6-8(11)14(20)19-13-10(18)4-3-9(16)12(13)17/h2-6H,18H2,1H3,(H,19,20). The molecule has 7 heteroatoms. The van der Waals surface area contributed by atoms with Crippen molar-refractivity contribution in [2.45, 2.75) is 0 Å². The first-order valence-electron chi connectivity index (χ1n) is 5.82.